The third kappa shape index (κ3) is 24.4. The number of hydrogen-bond donors (Lipinski definition) is 0. The van der Waals surface area contributed by atoms with E-state index in [0.29, 0.717) is 12.0 Å². The normalized spacial score (nSPS) is 8.83. The first-order valence-corrected chi connectivity index (χ1v) is 5.46. The van der Waals surface area contributed by atoms with Crippen LogP contribution < -0.4 is 34.8 Å². The van der Waals surface area contributed by atoms with E-state index in [4.69, 9.17) is 0 Å². The van der Waals surface area contributed by atoms with Gasteiger partial charge in [0.15, 0.2) is 0 Å². The molecule has 1 atom stereocenters. The summed E-state index contributed by atoms with van der Waals surface area (Å²) in [6.45, 7) is 0.464. The first-order chi connectivity index (χ1) is 8.15. The third-order valence-electron chi connectivity index (χ3n) is 1.42. The van der Waals surface area contributed by atoms with Crippen LogP contribution >= 0.6 is 12.0 Å². The van der Waals surface area contributed by atoms with Crippen molar-refractivity contribution >= 4 is 24.0 Å². The van der Waals surface area contributed by atoms with E-state index in [1.807, 2.05) is 0 Å². The van der Waals surface area contributed by atoms with Gasteiger partial charge in [-0.3, -0.25) is 19.3 Å². The van der Waals surface area contributed by atoms with Crippen LogP contribution in [0.2, 0.25) is 0 Å². The maximum absolute atomic E-state index is 11.8. The van der Waals surface area contributed by atoms with Crippen LogP contribution in [0.5, 0.6) is 0 Å². The van der Waals surface area contributed by atoms with E-state index < -0.39 is 30.5 Å². The molecule has 0 rings (SSSR count). The number of alkyl halides is 1. The molecule has 0 aliphatic heterocycles. The number of carbonyl (C=O) groups is 2. The predicted octanol–water partition coefficient (Wildman–Crippen LogP) is -0.606. The van der Waals surface area contributed by atoms with Crippen molar-refractivity contribution in [2.45, 2.75) is 48.3 Å². The van der Waals surface area contributed by atoms with Crippen molar-refractivity contribution in [2.24, 2.45) is 0 Å². The standard InChI is InChI=1S/C8H13FO7S.4CH4.FH.Na/c1-2-13-7(10)5-6(17-16-15-12)8(11)14-4-3-9;;;;;;/h6,12H,2-5H2,1H3;4*1H4;1H;/q;;;;;;+1/p-1. The van der Waals surface area contributed by atoms with Gasteiger partial charge < -0.3 is 14.7 Å². The van der Waals surface area contributed by atoms with Crippen molar-refractivity contribution in [3.05, 3.63) is 0 Å². The topological polar surface area (TPSA) is 94.1 Å². The zero-order chi connectivity index (χ0) is 13.1. The molecule has 0 aliphatic carbocycles. The second kappa shape index (κ2) is 30.0. The molecule has 7 nitrogen and oxygen atoms in total. The van der Waals surface area contributed by atoms with E-state index in [2.05, 4.69) is 18.8 Å². The molecule has 0 bridgehead atoms. The number of ether oxygens (including phenoxy) is 2. The predicted molar refractivity (Wildman–Crippen MR) is 81.2 cm³/mol. The molecule has 0 spiro atoms. The summed E-state index contributed by atoms with van der Waals surface area (Å²) in [7, 11) is 0. The molecule has 0 amide bonds. The van der Waals surface area contributed by atoms with Gasteiger partial charge in [-0.1, -0.05) is 29.7 Å². The summed E-state index contributed by atoms with van der Waals surface area (Å²) >= 11 is 0.302. The van der Waals surface area contributed by atoms with Crippen LogP contribution in [-0.2, 0) is 28.4 Å². The van der Waals surface area contributed by atoms with Crippen molar-refractivity contribution in [1.29, 1.82) is 0 Å². The Labute approximate surface area is 164 Å². The second-order valence-electron chi connectivity index (χ2n) is 2.59. The summed E-state index contributed by atoms with van der Waals surface area (Å²) in [6, 6.07) is 0. The molecular formula is C12H29F2NaO7S. The Kier molecular flexibility index (Phi) is 56.7. The molecule has 1 unspecified atom stereocenters. The van der Waals surface area contributed by atoms with Crippen LogP contribution in [0, 0.1) is 0 Å². The first-order valence-electron chi connectivity index (χ1n) is 4.65. The summed E-state index contributed by atoms with van der Waals surface area (Å²) in [4.78, 5) is 22.4. The summed E-state index contributed by atoms with van der Waals surface area (Å²) in [5.41, 5.74) is 0. The number of rotatable bonds is 9. The molecule has 0 saturated carbocycles. The number of esters is 2. The van der Waals surface area contributed by atoms with Gasteiger partial charge in [-0.2, -0.15) is 4.33 Å². The third-order valence-corrected chi connectivity index (χ3v) is 2.15. The van der Waals surface area contributed by atoms with Crippen LogP contribution in [0.15, 0.2) is 0 Å². The Morgan fingerprint density at radius 2 is 1.70 bits per heavy atom. The van der Waals surface area contributed by atoms with E-state index in [-0.39, 0.29) is 77.0 Å². The molecule has 0 aromatic heterocycles. The average molecular weight is 378 g/mol. The molecule has 23 heavy (non-hydrogen) atoms. The fraction of sp³-hybridized carbons (Fsp3) is 0.833. The van der Waals surface area contributed by atoms with Crippen LogP contribution in [0.1, 0.15) is 43.1 Å². The molecule has 0 aromatic carbocycles. The minimum absolute atomic E-state index is 0. The minimum Gasteiger partial charge on any atom is -0.691 e. The Morgan fingerprint density at radius 1 is 1.17 bits per heavy atom. The maximum Gasteiger partial charge on any atom is 1.00 e. The van der Waals surface area contributed by atoms with Crippen molar-refractivity contribution in [1.82, 2.24) is 0 Å². The Morgan fingerprint density at radius 3 is 2.09 bits per heavy atom. The zero-order valence-electron chi connectivity index (χ0n) is 10.5. The molecule has 0 aliphatic rings. The smallest absolute Gasteiger partial charge is 0.691 e. The quantitative estimate of drug-likeness (QED) is 0.173. The van der Waals surface area contributed by atoms with Crippen molar-refractivity contribution in [3.8, 4) is 0 Å². The molecule has 0 radical (unpaired) electrons. The van der Waals surface area contributed by atoms with Crippen LogP contribution in [0.3, 0.4) is 0 Å². The van der Waals surface area contributed by atoms with Gasteiger partial charge in [-0.15, -0.1) is 0 Å². The Hall–Kier alpha value is 0.0300. The Bertz CT molecular complexity index is 251. The van der Waals surface area contributed by atoms with Crippen molar-refractivity contribution in [2.75, 3.05) is 19.9 Å². The molecule has 140 valence electrons. The number of halogens is 2. The van der Waals surface area contributed by atoms with Crippen LogP contribution in [-0.4, -0.2) is 37.1 Å². The van der Waals surface area contributed by atoms with Crippen molar-refractivity contribution < 1.29 is 72.3 Å². The minimum atomic E-state index is -1.14. The molecule has 0 saturated heterocycles. The number of carbonyl (C=O) groups excluding carboxylic acids is 2. The monoisotopic (exact) mass is 378 g/mol. The van der Waals surface area contributed by atoms with Gasteiger partial charge in [-0.25, -0.2) is 4.39 Å². The summed E-state index contributed by atoms with van der Waals surface area (Å²) in [5, 5.41) is 11.5. The SMILES string of the molecule is C.C.C.C.CCOC(=O)CC(SOO[O-])C(=O)OCCF.F.[Na+]. The summed E-state index contributed by atoms with van der Waals surface area (Å²) in [6.07, 6.45) is -0.368. The maximum atomic E-state index is 11.8. The zero-order valence-corrected chi connectivity index (χ0v) is 13.3. The summed E-state index contributed by atoms with van der Waals surface area (Å²) < 4.78 is 24.8. The van der Waals surface area contributed by atoms with E-state index >= 15 is 0 Å². The molecule has 0 heterocycles. The Balaban J connectivity index is -0.0000000853. The molecule has 0 aromatic rings. The first kappa shape index (κ1) is 43.5. The van der Waals surface area contributed by atoms with E-state index in [1.54, 1.807) is 6.92 Å². The van der Waals surface area contributed by atoms with Crippen LogP contribution in [0.4, 0.5) is 9.09 Å². The number of hydrogen-bond acceptors (Lipinski definition) is 8. The van der Waals surface area contributed by atoms with E-state index in [1.165, 1.54) is 0 Å². The van der Waals surface area contributed by atoms with Gasteiger partial charge in [-0.05, 0) is 6.92 Å². The second-order valence-corrected chi connectivity index (χ2v) is 3.48. The molecule has 0 N–H and O–H groups in total. The molecule has 11 heteroatoms. The van der Waals surface area contributed by atoms with Gasteiger partial charge in [0.05, 0.1) is 13.0 Å². The fourth-order valence-electron chi connectivity index (χ4n) is 0.823. The molecular weight excluding hydrogens is 349 g/mol. The largest absolute Gasteiger partial charge is 1.00 e. The van der Waals surface area contributed by atoms with Gasteiger partial charge >= 0.3 is 41.5 Å². The van der Waals surface area contributed by atoms with E-state index in [9.17, 15) is 19.2 Å². The van der Waals surface area contributed by atoms with Crippen molar-refractivity contribution in [3.63, 3.8) is 0 Å². The van der Waals surface area contributed by atoms with E-state index in [0.717, 1.165) is 0 Å². The summed E-state index contributed by atoms with van der Waals surface area (Å²) in [5.74, 6) is -1.56. The van der Waals surface area contributed by atoms with Gasteiger partial charge in [0, 0.05) is 12.0 Å². The molecule has 0 fully saturated rings. The van der Waals surface area contributed by atoms with Crippen LogP contribution in [0.25, 0.3) is 0 Å². The fourth-order valence-corrected chi connectivity index (χ4v) is 1.30. The van der Waals surface area contributed by atoms with Gasteiger partial charge in [0.2, 0.25) is 0 Å². The average Bonchev–Trinajstić information content (AvgIpc) is 2.31. The van der Waals surface area contributed by atoms with Gasteiger partial charge in [0.25, 0.3) is 0 Å². The van der Waals surface area contributed by atoms with Gasteiger partial charge in [0.1, 0.15) is 18.5 Å².